The lowest BCUT2D eigenvalue weighted by Gasteiger charge is -2.26. The largest absolute Gasteiger partial charge is 0.379 e. The fraction of sp³-hybridized carbons (Fsp3) is 0.500. The van der Waals surface area contributed by atoms with Crippen molar-refractivity contribution in [1.29, 1.82) is 0 Å². The van der Waals surface area contributed by atoms with Crippen molar-refractivity contribution in [2.45, 2.75) is 38.6 Å². The molecule has 1 nitrogen and oxygen atoms in total. The van der Waals surface area contributed by atoms with Crippen molar-refractivity contribution < 1.29 is 0 Å². The van der Waals surface area contributed by atoms with E-state index in [1.165, 1.54) is 18.4 Å². The molecule has 1 aliphatic rings. The second-order valence-corrected chi connectivity index (χ2v) is 5.04. The van der Waals surface area contributed by atoms with E-state index in [1.54, 1.807) is 0 Å². The highest BCUT2D eigenvalue weighted by atomic mass is 35.5. The summed E-state index contributed by atoms with van der Waals surface area (Å²) < 4.78 is 0. The summed E-state index contributed by atoms with van der Waals surface area (Å²) in [6.07, 6.45) is 3.55. The Morgan fingerprint density at radius 3 is 2.93 bits per heavy atom. The van der Waals surface area contributed by atoms with Crippen LogP contribution >= 0.6 is 11.6 Å². The van der Waals surface area contributed by atoms with Gasteiger partial charge in [0.25, 0.3) is 0 Å². The zero-order valence-corrected chi connectivity index (χ0v) is 9.49. The highest BCUT2D eigenvalue weighted by Gasteiger charge is 2.23. The Hall–Kier alpha value is -0.690. The van der Waals surface area contributed by atoms with Crippen molar-refractivity contribution in [2.24, 2.45) is 0 Å². The Kier molecular flexibility index (Phi) is 2.44. The Morgan fingerprint density at radius 1 is 1.36 bits per heavy atom. The van der Waals surface area contributed by atoms with E-state index in [9.17, 15) is 0 Å². The minimum Gasteiger partial charge on any atom is -0.379 e. The lowest BCUT2D eigenvalue weighted by atomic mass is 9.99. The van der Waals surface area contributed by atoms with Gasteiger partial charge in [0, 0.05) is 5.54 Å². The van der Waals surface area contributed by atoms with Gasteiger partial charge in [-0.25, -0.2) is 0 Å². The van der Waals surface area contributed by atoms with Crippen LogP contribution in [0, 0.1) is 0 Å². The molecule has 0 amide bonds. The van der Waals surface area contributed by atoms with Crippen molar-refractivity contribution in [3.8, 4) is 0 Å². The Bertz CT molecular complexity index is 344. The van der Waals surface area contributed by atoms with Crippen molar-refractivity contribution in [3.63, 3.8) is 0 Å². The first-order chi connectivity index (χ1) is 6.58. The van der Waals surface area contributed by atoms with Gasteiger partial charge in [-0.15, -0.1) is 0 Å². The maximum Gasteiger partial charge on any atom is 0.0640 e. The van der Waals surface area contributed by atoms with Crippen LogP contribution in [0.5, 0.6) is 0 Å². The average Bonchev–Trinajstić information content (AvgIpc) is 2.24. The van der Waals surface area contributed by atoms with E-state index in [1.807, 2.05) is 12.1 Å². The molecule has 0 bridgehead atoms. The molecule has 0 atom stereocenters. The van der Waals surface area contributed by atoms with Gasteiger partial charge in [-0.3, -0.25) is 0 Å². The standard InChI is InChI=1S/C12H16ClN/c1-12(2)8-4-6-9-5-3-7-10(13)11(9)14-12/h3,5,7,14H,4,6,8H2,1-2H3. The smallest absolute Gasteiger partial charge is 0.0640 e. The summed E-state index contributed by atoms with van der Waals surface area (Å²) >= 11 is 6.18. The molecule has 0 radical (unpaired) electrons. The number of hydrogen-bond donors (Lipinski definition) is 1. The molecule has 0 saturated carbocycles. The van der Waals surface area contributed by atoms with Crippen LogP contribution in [0.4, 0.5) is 5.69 Å². The van der Waals surface area contributed by atoms with Gasteiger partial charge in [-0.1, -0.05) is 23.7 Å². The van der Waals surface area contributed by atoms with Crippen LogP contribution in [0.2, 0.25) is 5.02 Å². The molecule has 0 saturated heterocycles. The summed E-state index contributed by atoms with van der Waals surface area (Å²) in [5.74, 6) is 0. The Balaban J connectivity index is 2.43. The monoisotopic (exact) mass is 209 g/mol. The van der Waals surface area contributed by atoms with Crippen molar-refractivity contribution in [2.75, 3.05) is 5.32 Å². The van der Waals surface area contributed by atoms with Crippen LogP contribution < -0.4 is 5.32 Å². The summed E-state index contributed by atoms with van der Waals surface area (Å²) in [5, 5.41) is 4.38. The highest BCUT2D eigenvalue weighted by molar-refractivity contribution is 6.33. The number of nitrogens with one attached hydrogen (secondary N) is 1. The lowest BCUT2D eigenvalue weighted by Crippen LogP contribution is -2.29. The van der Waals surface area contributed by atoms with E-state index in [-0.39, 0.29) is 5.54 Å². The van der Waals surface area contributed by atoms with E-state index < -0.39 is 0 Å². The number of aryl methyl sites for hydroxylation is 1. The van der Waals surface area contributed by atoms with E-state index in [4.69, 9.17) is 11.6 Å². The average molecular weight is 210 g/mol. The van der Waals surface area contributed by atoms with Gasteiger partial charge in [0.1, 0.15) is 0 Å². The molecule has 1 heterocycles. The van der Waals surface area contributed by atoms with Crippen LogP contribution in [0.3, 0.4) is 0 Å². The van der Waals surface area contributed by atoms with Crippen LogP contribution in [0.25, 0.3) is 0 Å². The van der Waals surface area contributed by atoms with Crippen molar-refractivity contribution in [1.82, 2.24) is 0 Å². The first-order valence-corrected chi connectivity index (χ1v) is 5.52. The molecule has 0 fully saturated rings. The molecule has 0 aliphatic carbocycles. The zero-order valence-electron chi connectivity index (χ0n) is 8.73. The highest BCUT2D eigenvalue weighted by Crippen LogP contribution is 2.34. The number of para-hydroxylation sites is 1. The second kappa shape index (κ2) is 3.47. The van der Waals surface area contributed by atoms with Gasteiger partial charge in [-0.05, 0) is 44.7 Å². The van der Waals surface area contributed by atoms with Gasteiger partial charge in [0.05, 0.1) is 10.7 Å². The third-order valence-electron chi connectivity index (χ3n) is 2.81. The van der Waals surface area contributed by atoms with Crippen LogP contribution in [0.15, 0.2) is 18.2 Å². The molecule has 2 rings (SSSR count). The molecule has 1 aliphatic heterocycles. The van der Waals surface area contributed by atoms with Crippen LogP contribution in [0.1, 0.15) is 32.3 Å². The van der Waals surface area contributed by atoms with Gasteiger partial charge in [-0.2, -0.15) is 0 Å². The van der Waals surface area contributed by atoms with Crippen molar-refractivity contribution in [3.05, 3.63) is 28.8 Å². The topological polar surface area (TPSA) is 12.0 Å². The maximum absolute atomic E-state index is 6.18. The molecular weight excluding hydrogens is 194 g/mol. The van der Waals surface area contributed by atoms with Gasteiger partial charge >= 0.3 is 0 Å². The molecule has 0 spiro atoms. The minimum absolute atomic E-state index is 0.163. The van der Waals surface area contributed by atoms with Crippen molar-refractivity contribution >= 4 is 17.3 Å². The number of rotatable bonds is 0. The molecule has 1 N–H and O–H groups in total. The second-order valence-electron chi connectivity index (χ2n) is 4.64. The fourth-order valence-electron chi connectivity index (χ4n) is 2.04. The first kappa shape index (κ1) is 9.85. The molecule has 1 aromatic rings. The molecule has 76 valence electrons. The Morgan fingerprint density at radius 2 is 2.14 bits per heavy atom. The summed E-state index contributed by atoms with van der Waals surface area (Å²) in [5.41, 5.74) is 2.65. The van der Waals surface area contributed by atoms with E-state index in [0.717, 1.165) is 17.1 Å². The number of fused-ring (bicyclic) bond motifs is 1. The fourth-order valence-corrected chi connectivity index (χ4v) is 2.28. The summed E-state index contributed by atoms with van der Waals surface area (Å²) in [6.45, 7) is 4.46. The van der Waals surface area contributed by atoms with Gasteiger partial charge in [0.2, 0.25) is 0 Å². The molecular formula is C12H16ClN. The number of halogens is 1. The minimum atomic E-state index is 0.163. The molecule has 1 aromatic carbocycles. The number of anilines is 1. The maximum atomic E-state index is 6.18. The normalized spacial score (nSPS) is 19.4. The first-order valence-electron chi connectivity index (χ1n) is 5.14. The number of hydrogen-bond acceptors (Lipinski definition) is 1. The third-order valence-corrected chi connectivity index (χ3v) is 3.13. The molecule has 14 heavy (non-hydrogen) atoms. The van der Waals surface area contributed by atoms with Crippen LogP contribution in [-0.2, 0) is 6.42 Å². The third kappa shape index (κ3) is 1.88. The van der Waals surface area contributed by atoms with Gasteiger partial charge in [0.15, 0.2) is 0 Å². The summed E-state index contributed by atoms with van der Waals surface area (Å²) in [6, 6.07) is 6.14. The molecule has 0 aromatic heterocycles. The van der Waals surface area contributed by atoms with Gasteiger partial charge < -0.3 is 5.32 Å². The van der Waals surface area contributed by atoms with E-state index >= 15 is 0 Å². The summed E-state index contributed by atoms with van der Waals surface area (Å²) in [4.78, 5) is 0. The molecule has 0 unspecified atom stereocenters. The van der Waals surface area contributed by atoms with E-state index in [0.29, 0.717) is 0 Å². The zero-order chi connectivity index (χ0) is 10.2. The quantitative estimate of drug-likeness (QED) is 0.684. The van der Waals surface area contributed by atoms with Crippen LogP contribution in [-0.4, -0.2) is 5.54 Å². The summed E-state index contributed by atoms with van der Waals surface area (Å²) in [7, 11) is 0. The number of benzene rings is 1. The van der Waals surface area contributed by atoms with E-state index in [2.05, 4.69) is 25.2 Å². The predicted molar refractivity (Wildman–Crippen MR) is 62.1 cm³/mol. The molecule has 2 heteroatoms. The Labute approximate surface area is 90.5 Å². The lowest BCUT2D eigenvalue weighted by molar-refractivity contribution is 0.508. The predicted octanol–water partition coefficient (Wildman–Crippen LogP) is 3.87. The SMILES string of the molecule is CC1(C)CCCc2cccc(Cl)c2N1.